The molecule has 22 heavy (non-hydrogen) atoms. The highest BCUT2D eigenvalue weighted by Gasteiger charge is 2.17. The zero-order valence-corrected chi connectivity index (χ0v) is 13.3. The van der Waals surface area contributed by atoms with Gasteiger partial charge in [-0.05, 0) is 17.7 Å². The zero-order valence-electron chi connectivity index (χ0n) is 11.7. The van der Waals surface area contributed by atoms with Crippen LogP contribution in [-0.2, 0) is 6.42 Å². The van der Waals surface area contributed by atoms with Crippen LogP contribution in [0.1, 0.15) is 5.56 Å². The Morgan fingerprint density at radius 3 is 2.95 bits per heavy atom. The summed E-state index contributed by atoms with van der Waals surface area (Å²) in [6, 6.07) is 6.11. The minimum Gasteiger partial charge on any atom is -0.394 e. The number of nitrogens with zero attached hydrogens (tertiary/aromatic N) is 3. The number of aliphatic imine (C=N–C) groups is 1. The lowest BCUT2D eigenvalue weighted by molar-refractivity contribution is 0.307. The number of rotatable bonds is 4. The van der Waals surface area contributed by atoms with Gasteiger partial charge in [0.1, 0.15) is 5.03 Å². The largest absolute Gasteiger partial charge is 0.394 e. The number of nitrogens with two attached hydrogens (primary N) is 1. The highest BCUT2D eigenvalue weighted by molar-refractivity contribution is 7.99. The Morgan fingerprint density at radius 2 is 2.14 bits per heavy atom. The summed E-state index contributed by atoms with van der Waals surface area (Å²) < 4.78 is 0. The number of aromatic nitrogens is 2. The first-order valence-corrected chi connectivity index (χ1v) is 7.36. The highest BCUT2D eigenvalue weighted by Crippen LogP contribution is 2.41. The van der Waals surface area contributed by atoms with Gasteiger partial charge in [-0.25, -0.2) is 9.97 Å². The molecule has 4 N–H and O–H groups in total. The van der Waals surface area contributed by atoms with Crippen LogP contribution in [-0.4, -0.2) is 34.1 Å². The maximum absolute atomic E-state index is 8.74. The van der Waals surface area contributed by atoms with Crippen LogP contribution in [0.4, 0.5) is 11.5 Å². The normalized spacial score (nSPS) is 12.7. The fraction of sp³-hybridized carbons (Fsp3) is 0.214. The molecule has 2 heterocycles. The van der Waals surface area contributed by atoms with Crippen molar-refractivity contribution in [3.8, 4) is 0 Å². The number of amidine groups is 1. The van der Waals surface area contributed by atoms with Crippen LogP contribution in [0.3, 0.4) is 0 Å². The van der Waals surface area contributed by atoms with Crippen molar-refractivity contribution in [2.75, 3.05) is 18.5 Å². The van der Waals surface area contributed by atoms with E-state index in [0.29, 0.717) is 18.8 Å². The third-order valence-electron chi connectivity index (χ3n) is 2.97. The van der Waals surface area contributed by atoms with Gasteiger partial charge in [-0.1, -0.05) is 17.8 Å². The smallest absolute Gasteiger partial charge is 0.163 e. The van der Waals surface area contributed by atoms with Gasteiger partial charge in [-0.15, -0.1) is 12.4 Å². The van der Waals surface area contributed by atoms with Gasteiger partial charge in [0.05, 0.1) is 24.7 Å². The molecule has 3 rings (SSSR count). The molecule has 8 heteroatoms. The quantitative estimate of drug-likeness (QED) is 0.497. The van der Waals surface area contributed by atoms with Crippen molar-refractivity contribution in [2.45, 2.75) is 16.3 Å². The summed E-state index contributed by atoms with van der Waals surface area (Å²) >= 11 is 1.59. The fourth-order valence-electron chi connectivity index (χ4n) is 2.05. The van der Waals surface area contributed by atoms with Crippen molar-refractivity contribution in [2.24, 2.45) is 10.7 Å². The first-order chi connectivity index (χ1) is 10.3. The molecule has 2 aromatic rings. The molecule has 0 fully saturated rings. The molecular formula is C14H16ClN5OS. The summed E-state index contributed by atoms with van der Waals surface area (Å²) in [7, 11) is 0. The fourth-order valence-corrected chi connectivity index (χ4v) is 2.93. The molecule has 0 spiro atoms. The average Bonchev–Trinajstić information content (AvgIpc) is 2.51. The second-order valence-electron chi connectivity index (χ2n) is 4.54. The van der Waals surface area contributed by atoms with Crippen LogP contribution >= 0.6 is 24.2 Å². The van der Waals surface area contributed by atoms with Crippen LogP contribution in [0.5, 0.6) is 0 Å². The third kappa shape index (κ3) is 3.68. The standard InChI is InChI=1S/C14H15N5OS.ClH/c15-12(16-5-6-20)8-9-1-2-11-10(7-9)19-13-14(21-11)18-4-3-17-13;/h1-4,7,20H,5-6,8H2,(H2,15,16)(H,17,19);1H. The summed E-state index contributed by atoms with van der Waals surface area (Å²) in [5, 5.41) is 12.9. The molecule has 1 aliphatic heterocycles. The summed E-state index contributed by atoms with van der Waals surface area (Å²) in [5.41, 5.74) is 7.90. The predicted molar refractivity (Wildman–Crippen MR) is 90.4 cm³/mol. The van der Waals surface area contributed by atoms with E-state index in [1.54, 1.807) is 24.2 Å². The molecule has 0 bridgehead atoms. The molecule has 0 unspecified atom stereocenters. The van der Waals surface area contributed by atoms with Gasteiger partial charge in [0.2, 0.25) is 0 Å². The molecule has 0 aliphatic carbocycles. The van der Waals surface area contributed by atoms with E-state index in [0.717, 1.165) is 27.0 Å². The highest BCUT2D eigenvalue weighted by atomic mass is 35.5. The van der Waals surface area contributed by atoms with Crippen LogP contribution in [0.2, 0.25) is 0 Å². The number of anilines is 2. The molecule has 1 aromatic carbocycles. The van der Waals surface area contributed by atoms with E-state index in [1.165, 1.54) is 0 Å². The molecule has 0 atom stereocenters. The summed E-state index contributed by atoms with van der Waals surface area (Å²) in [6.45, 7) is 0.354. The SMILES string of the molecule is Cl.NC(Cc1ccc2c(c1)Nc1nccnc1S2)=NCCO. The average molecular weight is 338 g/mol. The van der Waals surface area contributed by atoms with Gasteiger partial charge < -0.3 is 16.2 Å². The lowest BCUT2D eigenvalue weighted by Crippen LogP contribution is -2.16. The van der Waals surface area contributed by atoms with Crippen molar-refractivity contribution in [3.63, 3.8) is 0 Å². The molecule has 116 valence electrons. The number of benzene rings is 1. The molecule has 0 amide bonds. The number of aliphatic hydroxyl groups is 1. The van der Waals surface area contributed by atoms with E-state index in [1.807, 2.05) is 18.2 Å². The number of nitrogens with one attached hydrogen (secondary N) is 1. The van der Waals surface area contributed by atoms with E-state index >= 15 is 0 Å². The maximum Gasteiger partial charge on any atom is 0.163 e. The second kappa shape index (κ2) is 7.44. The molecule has 0 saturated heterocycles. The monoisotopic (exact) mass is 337 g/mol. The predicted octanol–water partition coefficient (Wildman–Crippen LogP) is 2.00. The van der Waals surface area contributed by atoms with E-state index in [4.69, 9.17) is 10.8 Å². The first-order valence-electron chi connectivity index (χ1n) is 6.55. The van der Waals surface area contributed by atoms with Gasteiger partial charge >= 0.3 is 0 Å². The lowest BCUT2D eigenvalue weighted by atomic mass is 10.1. The summed E-state index contributed by atoms with van der Waals surface area (Å²) in [6.07, 6.45) is 3.92. The Labute approximate surface area is 138 Å². The Hall–Kier alpha value is -1.83. The van der Waals surface area contributed by atoms with Crippen LogP contribution in [0, 0.1) is 0 Å². The van der Waals surface area contributed by atoms with Gasteiger partial charge in [0.25, 0.3) is 0 Å². The minimum absolute atomic E-state index is 0. The van der Waals surface area contributed by atoms with E-state index in [-0.39, 0.29) is 19.0 Å². The number of aliphatic hydroxyl groups excluding tert-OH is 1. The number of fused-ring (bicyclic) bond motifs is 2. The van der Waals surface area contributed by atoms with Gasteiger partial charge in [0.15, 0.2) is 5.82 Å². The minimum atomic E-state index is 0. The first kappa shape index (κ1) is 16.5. The molecular weight excluding hydrogens is 322 g/mol. The van der Waals surface area contributed by atoms with Crippen molar-refractivity contribution in [3.05, 3.63) is 36.2 Å². The maximum atomic E-state index is 8.74. The van der Waals surface area contributed by atoms with Crippen LogP contribution in [0.25, 0.3) is 0 Å². The van der Waals surface area contributed by atoms with Crippen molar-refractivity contribution < 1.29 is 5.11 Å². The van der Waals surface area contributed by atoms with Crippen molar-refractivity contribution >= 4 is 41.5 Å². The molecule has 0 radical (unpaired) electrons. The Kier molecular flexibility index (Phi) is 5.59. The topological polar surface area (TPSA) is 96.4 Å². The van der Waals surface area contributed by atoms with E-state index < -0.39 is 0 Å². The second-order valence-corrected chi connectivity index (χ2v) is 5.57. The zero-order chi connectivity index (χ0) is 14.7. The van der Waals surface area contributed by atoms with E-state index in [2.05, 4.69) is 20.3 Å². The Morgan fingerprint density at radius 1 is 1.32 bits per heavy atom. The molecule has 6 nitrogen and oxygen atoms in total. The summed E-state index contributed by atoms with van der Waals surface area (Å²) in [5.74, 6) is 1.29. The van der Waals surface area contributed by atoms with Gasteiger partial charge in [-0.3, -0.25) is 4.99 Å². The van der Waals surface area contributed by atoms with Gasteiger partial charge in [-0.2, -0.15) is 0 Å². The van der Waals surface area contributed by atoms with Crippen molar-refractivity contribution in [1.82, 2.24) is 9.97 Å². The lowest BCUT2D eigenvalue weighted by Gasteiger charge is -2.19. The third-order valence-corrected chi connectivity index (χ3v) is 4.04. The Bertz CT molecular complexity index is 695. The number of hydrogen-bond donors (Lipinski definition) is 3. The molecule has 1 aliphatic rings. The Balaban J connectivity index is 0.00000176. The molecule has 1 aromatic heterocycles. The van der Waals surface area contributed by atoms with Crippen LogP contribution < -0.4 is 11.1 Å². The van der Waals surface area contributed by atoms with Crippen LogP contribution in [0.15, 0.2) is 45.5 Å². The number of hydrogen-bond acceptors (Lipinski definition) is 6. The summed E-state index contributed by atoms with van der Waals surface area (Å²) in [4.78, 5) is 13.8. The van der Waals surface area contributed by atoms with Crippen molar-refractivity contribution in [1.29, 1.82) is 0 Å². The molecule has 0 saturated carbocycles. The number of halogens is 1. The van der Waals surface area contributed by atoms with E-state index in [9.17, 15) is 0 Å². The van der Waals surface area contributed by atoms with Gasteiger partial charge in [0, 0.05) is 23.7 Å².